The molecule has 0 aliphatic carbocycles. The summed E-state index contributed by atoms with van der Waals surface area (Å²) in [5, 5.41) is 3.07. The Balaban J connectivity index is 1.84. The summed E-state index contributed by atoms with van der Waals surface area (Å²) in [5.41, 5.74) is 1.99. The number of nitrogens with one attached hydrogen (secondary N) is 1. The van der Waals surface area contributed by atoms with Crippen LogP contribution in [-0.4, -0.2) is 40.4 Å². The Labute approximate surface area is 160 Å². The number of nitrogens with zero attached hydrogens (tertiary/aromatic N) is 3. The van der Waals surface area contributed by atoms with Crippen molar-refractivity contribution in [3.63, 3.8) is 0 Å². The monoisotopic (exact) mass is 384 g/mol. The van der Waals surface area contributed by atoms with Crippen molar-refractivity contribution in [1.82, 2.24) is 19.8 Å². The van der Waals surface area contributed by atoms with Gasteiger partial charge in [0.25, 0.3) is 17.4 Å². The molecule has 7 nitrogen and oxygen atoms in total. The second-order valence-electron chi connectivity index (χ2n) is 6.33. The van der Waals surface area contributed by atoms with Crippen LogP contribution in [0.4, 0.5) is 0 Å². The lowest BCUT2D eigenvalue weighted by Gasteiger charge is -2.17. The smallest absolute Gasteiger partial charge is 0.264 e. The summed E-state index contributed by atoms with van der Waals surface area (Å²) in [6.07, 6.45) is 1.46. The third-order valence-corrected chi connectivity index (χ3v) is 5.60. The molecule has 0 atom stereocenters. The van der Waals surface area contributed by atoms with Gasteiger partial charge < -0.3 is 14.8 Å². The first kappa shape index (κ1) is 18.8. The Morgan fingerprint density at radius 2 is 1.93 bits per heavy atom. The second-order valence-corrected chi connectivity index (χ2v) is 7.33. The molecule has 2 amide bonds. The fraction of sp³-hybridized carbons (Fsp3) is 0.263. The van der Waals surface area contributed by atoms with E-state index in [0.717, 1.165) is 5.56 Å². The maximum Gasteiger partial charge on any atom is 0.264 e. The third kappa shape index (κ3) is 3.48. The topological polar surface area (TPSA) is 84.3 Å². The lowest BCUT2D eigenvalue weighted by atomic mass is 10.1. The van der Waals surface area contributed by atoms with Crippen LogP contribution in [0.5, 0.6) is 0 Å². The highest BCUT2D eigenvalue weighted by molar-refractivity contribution is 7.20. The van der Waals surface area contributed by atoms with Gasteiger partial charge >= 0.3 is 0 Å². The predicted octanol–water partition coefficient (Wildman–Crippen LogP) is 1.94. The fourth-order valence-corrected chi connectivity index (χ4v) is 3.97. The van der Waals surface area contributed by atoms with Crippen LogP contribution in [0.15, 0.2) is 35.4 Å². The number of hydrogen-bond donors (Lipinski definition) is 1. The number of aromatic nitrogens is 2. The molecule has 140 valence electrons. The number of carbonyl (C=O) groups is 2. The van der Waals surface area contributed by atoms with E-state index in [1.165, 1.54) is 22.2 Å². The molecule has 3 rings (SSSR count). The molecule has 2 aromatic heterocycles. The van der Waals surface area contributed by atoms with Crippen LogP contribution in [-0.2, 0) is 13.6 Å². The number of amides is 2. The number of benzene rings is 1. The SMILES string of the molecule is CNC(=O)c1ccc(CN(C)C(=O)c2sc3ncn(C)c(=O)c3c2C)cc1. The average Bonchev–Trinajstić information content (AvgIpc) is 3.01. The zero-order valence-electron chi connectivity index (χ0n) is 15.6. The summed E-state index contributed by atoms with van der Waals surface area (Å²) < 4.78 is 1.41. The molecule has 0 aliphatic rings. The van der Waals surface area contributed by atoms with Gasteiger partial charge in [0.15, 0.2) is 0 Å². The maximum absolute atomic E-state index is 12.9. The van der Waals surface area contributed by atoms with E-state index >= 15 is 0 Å². The van der Waals surface area contributed by atoms with Gasteiger partial charge in [-0.1, -0.05) is 12.1 Å². The van der Waals surface area contributed by atoms with Gasteiger partial charge in [0.2, 0.25) is 0 Å². The van der Waals surface area contributed by atoms with Crippen molar-refractivity contribution in [2.45, 2.75) is 13.5 Å². The summed E-state index contributed by atoms with van der Waals surface area (Å²) in [7, 11) is 4.94. The number of aryl methyl sites for hydroxylation is 2. The van der Waals surface area contributed by atoms with Crippen molar-refractivity contribution < 1.29 is 9.59 Å². The van der Waals surface area contributed by atoms with Crippen LogP contribution >= 0.6 is 11.3 Å². The molecule has 1 aromatic carbocycles. The summed E-state index contributed by atoms with van der Waals surface area (Å²) in [6.45, 7) is 2.17. The highest BCUT2D eigenvalue weighted by Crippen LogP contribution is 2.28. The second kappa shape index (κ2) is 7.32. The zero-order chi connectivity index (χ0) is 19.7. The van der Waals surface area contributed by atoms with Gasteiger partial charge in [0, 0.05) is 33.3 Å². The van der Waals surface area contributed by atoms with Crippen LogP contribution in [0.1, 0.15) is 31.2 Å². The Hall–Kier alpha value is -3.00. The van der Waals surface area contributed by atoms with Crippen molar-refractivity contribution in [3.8, 4) is 0 Å². The number of thiophene rings is 1. The van der Waals surface area contributed by atoms with Crippen LogP contribution in [0.25, 0.3) is 10.2 Å². The Bertz CT molecular complexity index is 1080. The highest BCUT2D eigenvalue weighted by Gasteiger charge is 2.21. The fourth-order valence-electron chi connectivity index (χ4n) is 2.84. The highest BCUT2D eigenvalue weighted by atomic mass is 32.1. The van der Waals surface area contributed by atoms with Gasteiger partial charge in [0.05, 0.1) is 16.6 Å². The molecule has 0 fully saturated rings. The first-order valence-electron chi connectivity index (χ1n) is 8.34. The number of hydrogen-bond acceptors (Lipinski definition) is 5. The summed E-state index contributed by atoms with van der Waals surface area (Å²) in [6, 6.07) is 7.10. The van der Waals surface area contributed by atoms with Crippen LogP contribution in [0.2, 0.25) is 0 Å². The standard InChI is InChI=1S/C19H20N4O3S/c1-11-14-17(21-10-23(4)18(14)25)27-15(11)19(26)22(3)9-12-5-7-13(8-6-12)16(24)20-2/h5-8,10H,9H2,1-4H3,(H,20,24). The van der Waals surface area contributed by atoms with E-state index in [4.69, 9.17) is 0 Å². The summed E-state index contributed by atoms with van der Waals surface area (Å²) in [4.78, 5) is 43.8. The van der Waals surface area contributed by atoms with Crippen LogP contribution in [0.3, 0.4) is 0 Å². The minimum Gasteiger partial charge on any atom is -0.355 e. The first-order valence-corrected chi connectivity index (χ1v) is 9.16. The van der Waals surface area contributed by atoms with E-state index in [9.17, 15) is 14.4 Å². The van der Waals surface area contributed by atoms with E-state index in [2.05, 4.69) is 10.3 Å². The molecule has 0 unspecified atom stereocenters. The Morgan fingerprint density at radius 3 is 2.56 bits per heavy atom. The van der Waals surface area contributed by atoms with Crippen molar-refractivity contribution in [2.75, 3.05) is 14.1 Å². The lowest BCUT2D eigenvalue weighted by molar-refractivity contribution is 0.0789. The van der Waals surface area contributed by atoms with Crippen molar-refractivity contribution in [2.24, 2.45) is 7.05 Å². The van der Waals surface area contributed by atoms with E-state index in [-0.39, 0.29) is 17.4 Å². The molecular weight excluding hydrogens is 364 g/mol. The normalized spacial score (nSPS) is 10.8. The van der Waals surface area contributed by atoms with Gasteiger partial charge in [-0.3, -0.25) is 14.4 Å². The number of carbonyl (C=O) groups excluding carboxylic acids is 2. The Morgan fingerprint density at radius 1 is 1.26 bits per heavy atom. The molecule has 27 heavy (non-hydrogen) atoms. The molecule has 2 heterocycles. The van der Waals surface area contributed by atoms with E-state index < -0.39 is 0 Å². The quantitative estimate of drug-likeness (QED) is 0.745. The van der Waals surface area contributed by atoms with Gasteiger partial charge in [-0.2, -0.15) is 0 Å². The maximum atomic E-state index is 12.9. The van der Waals surface area contributed by atoms with Crippen molar-refractivity contribution in [3.05, 3.63) is 62.5 Å². The molecule has 8 heteroatoms. The average molecular weight is 384 g/mol. The van der Waals surface area contributed by atoms with Gasteiger partial charge in [0.1, 0.15) is 4.83 Å². The third-order valence-electron chi connectivity index (χ3n) is 4.41. The molecule has 0 saturated heterocycles. The Kier molecular flexibility index (Phi) is 5.09. The van der Waals surface area contributed by atoms with Crippen molar-refractivity contribution in [1.29, 1.82) is 0 Å². The van der Waals surface area contributed by atoms with Crippen LogP contribution in [0, 0.1) is 6.92 Å². The van der Waals surface area contributed by atoms with E-state index in [0.29, 0.717) is 32.8 Å². The summed E-state index contributed by atoms with van der Waals surface area (Å²) in [5.74, 6) is -0.311. The van der Waals surface area contributed by atoms with Gasteiger partial charge in [-0.15, -0.1) is 11.3 Å². The minimum absolute atomic E-state index is 0.152. The van der Waals surface area contributed by atoms with Gasteiger partial charge in [-0.05, 0) is 30.2 Å². The molecular formula is C19H20N4O3S. The van der Waals surface area contributed by atoms with E-state index in [1.807, 2.05) is 12.1 Å². The van der Waals surface area contributed by atoms with Gasteiger partial charge in [-0.25, -0.2) is 4.98 Å². The molecule has 0 spiro atoms. The predicted molar refractivity (Wildman–Crippen MR) is 105 cm³/mol. The first-order chi connectivity index (χ1) is 12.8. The largest absolute Gasteiger partial charge is 0.355 e. The zero-order valence-corrected chi connectivity index (χ0v) is 16.4. The van der Waals surface area contributed by atoms with Crippen molar-refractivity contribution >= 4 is 33.4 Å². The minimum atomic E-state index is -0.159. The summed E-state index contributed by atoms with van der Waals surface area (Å²) >= 11 is 1.23. The molecule has 0 bridgehead atoms. The molecule has 0 saturated carbocycles. The molecule has 0 radical (unpaired) electrons. The molecule has 1 N–H and O–H groups in total. The number of fused-ring (bicyclic) bond motifs is 1. The van der Waals surface area contributed by atoms with E-state index in [1.54, 1.807) is 45.1 Å². The number of rotatable bonds is 4. The molecule has 0 aliphatic heterocycles. The van der Waals surface area contributed by atoms with Crippen LogP contribution < -0.4 is 10.9 Å². The lowest BCUT2D eigenvalue weighted by Crippen LogP contribution is -2.26. The molecule has 3 aromatic rings.